The highest BCUT2D eigenvalue weighted by Gasteiger charge is 2.33. The molecule has 0 saturated carbocycles. The first-order valence-electron chi connectivity index (χ1n) is 7.03. The van der Waals surface area contributed by atoms with E-state index in [1.165, 1.54) is 18.2 Å². The molecule has 22 heavy (non-hydrogen) atoms. The first kappa shape index (κ1) is 18.4. The Kier molecular flexibility index (Phi) is 7.34. The third kappa shape index (κ3) is 6.44. The van der Waals surface area contributed by atoms with Gasteiger partial charge in [-0.15, -0.1) is 0 Å². The van der Waals surface area contributed by atoms with Crippen LogP contribution in [0.1, 0.15) is 25.3 Å². The summed E-state index contributed by atoms with van der Waals surface area (Å²) in [6, 6.07) is 4.81. The van der Waals surface area contributed by atoms with E-state index in [9.17, 15) is 18.0 Å². The first-order valence-corrected chi connectivity index (χ1v) is 7.03. The van der Waals surface area contributed by atoms with Gasteiger partial charge in [0.15, 0.2) is 0 Å². The molecule has 124 valence electrons. The molecule has 1 unspecified atom stereocenters. The lowest BCUT2D eigenvalue weighted by Gasteiger charge is -2.16. The summed E-state index contributed by atoms with van der Waals surface area (Å²) in [5, 5.41) is 5.44. The van der Waals surface area contributed by atoms with E-state index >= 15 is 0 Å². The minimum absolute atomic E-state index is 0.0964. The number of para-hydroxylation sites is 1. The van der Waals surface area contributed by atoms with Crippen LogP contribution in [0.2, 0.25) is 0 Å². The van der Waals surface area contributed by atoms with E-state index in [0.717, 1.165) is 12.5 Å². The van der Waals surface area contributed by atoms with Crippen molar-refractivity contribution in [1.82, 2.24) is 5.32 Å². The number of nitrogens with one attached hydrogen (secondary N) is 2. The normalized spacial score (nSPS) is 13.0. The van der Waals surface area contributed by atoms with Crippen molar-refractivity contribution in [2.75, 3.05) is 25.6 Å². The smallest absolute Gasteiger partial charge is 0.385 e. The van der Waals surface area contributed by atoms with Gasteiger partial charge in [-0.25, -0.2) is 0 Å². The summed E-state index contributed by atoms with van der Waals surface area (Å²) in [5.41, 5.74) is -1.06. The van der Waals surface area contributed by atoms with Gasteiger partial charge in [-0.3, -0.25) is 4.79 Å². The molecule has 2 N–H and O–H groups in total. The maximum atomic E-state index is 12.8. The van der Waals surface area contributed by atoms with Gasteiger partial charge in [0.05, 0.1) is 11.3 Å². The van der Waals surface area contributed by atoms with E-state index < -0.39 is 17.6 Å². The Labute approximate surface area is 128 Å². The monoisotopic (exact) mass is 318 g/mol. The van der Waals surface area contributed by atoms with Crippen LogP contribution in [-0.2, 0) is 15.7 Å². The molecule has 0 heterocycles. The van der Waals surface area contributed by atoms with Gasteiger partial charge in [-0.1, -0.05) is 12.1 Å². The third-order valence-corrected chi connectivity index (χ3v) is 3.02. The Morgan fingerprint density at radius 3 is 2.64 bits per heavy atom. The molecule has 1 amide bonds. The number of carbonyl (C=O) groups excluding carboxylic acids is 1. The summed E-state index contributed by atoms with van der Waals surface area (Å²) in [6.45, 7) is 3.11. The number of benzene rings is 1. The quantitative estimate of drug-likeness (QED) is 0.724. The molecule has 0 spiro atoms. The highest BCUT2D eigenvalue weighted by atomic mass is 19.4. The molecule has 1 rings (SSSR count). The average Bonchev–Trinajstić information content (AvgIpc) is 2.43. The number of alkyl halides is 3. The van der Waals surface area contributed by atoms with Gasteiger partial charge in [0.25, 0.3) is 0 Å². The van der Waals surface area contributed by atoms with Gasteiger partial charge in [0.2, 0.25) is 5.91 Å². The molecule has 0 bridgehead atoms. The van der Waals surface area contributed by atoms with E-state index in [1.807, 2.05) is 6.92 Å². The average molecular weight is 318 g/mol. The third-order valence-electron chi connectivity index (χ3n) is 3.02. The Morgan fingerprint density at radius 2 is 2.00 bits per heavy atom. The summed E-state index contributed by atoms with van der Waals surface area (Å²) in [5.74, 6) is -0.455. The van der Waals surface area contributed by atoms with Crippen LogP contribution in [0.15, 0.2) is 24.3 Å². The van der Waals surface area contributed by atoms with E-state index in [2.05, 4.69) is 10.6 Å². The van der Waals surface area contributed by atoms with Crippen LogP contribution in [0.3, 0.4) is 0 Å². The number of methoxy groups -OCH3 is 1. The fourth-order valence-corrected chi connectivity index (χ4v) is 1.96. The van der Waals surface area contributed by atoms with Crippen molar-refractivity contribution in [3.8, 4) is 0 Å². The lowest BCUT2D eigenvalue weighted by Crippen LogP contribution is -2.32. The van der Waals surface area contributed by atoms with Crippen molar-refractivity contribution in [3.63, 3.8) is 0 Å². The van der Waals surface area contributed by atoms with E-state index in [1.54, 1.807) is 7.11 Å². The molecule has 0 saturated heterocycles. The Hall–Kier alpha value is -1.60. The zero-order valence-electron chi connectivity index (χ0n) is 12.7. The highest BCUT2D eigenvalue weighted by molar-refractivity contribution is 5.92. The number of hydrogen-bond donors (Lipinski definition) is 2. The Morgan fingerprint density at radius 1 is 1.32 bits per heavy atom. The van der Waals surface area contributed by atoms with Crippen LogP contribution in [0.4, 0.5) is 18.9 Å². The maximum Gasteiger partial charge on any atom is 0.418 e. The Bertz CT molecular complexity index is 478. The number of carbonyl (C=O) groups is 1. The molecule has 0 aliphatic heterocycles. The first-order chi connectivity index (χ1) is 10.3. The van der Waals surface area contributed by atoms with Crippen LogP contribution in [0.5, 0.6) is 0 Å². The van der Waals surface area contributed by atoms with Crippen molar-refractivity contribution in [3.05, 3.63) is 29.8 Å². The molecule has 1 atom stereocenters. The molecule has 0 radical (unpaired) electrons. The number of anilines is 1. The summed E-state index contributed by atoms with van der Waals surface area (Å²) >= 11 is 0. The van der Waals surface area contributed by atoms with Gasteiger partial charge in [0.1, 0.15) is 0 Å². The van der Waals surface area contributed by atoms with Crippen LogP contribution in [0, 0.1) is 0 Å². The summed E-state index contributed by atoms with van der Waals surface area (Å²) < 4.78 is 43.4. The van der Waals surface area contributed by atoms with Crippen molar-refractivity contribution in [2.45, 2.75) is 32.0 Å². The van der Waals surface area contributed by atoms with E-state index in [-0.39, 0.29) is 18.2 Å². The topological polar surface area (TPSA) is 50.4 Å². The lowest BCUT2D eigenvalue weighted by molar-refractivity contribution is -0.137. The molecular weight excluding hydrogens is 297 g/mol. The van der Waals surface area contributed by atoms with Crippen LogP contribution < -0.4 is 10.6 Å². The Balaban J connectivity index is 2.52. The van der Waals surface area contributed by atoms with Crippen LogP contribution in [0.25, 0.3) is 0 Å². The number of hydrogen-bond acceptors (Lipinski definition) is 3. The van der Waals surface area contributed by atoms with Gasteiger partial charge in [0, 0.05) is 26.2 Å². The molecule has 0 aliphatic carbocycles. The maximum absolute atomic E-state index is 12.8. The van der Waals surface area contributed by atoms with E-state index in [4.69, 9.17) is 4.74 Å². The van der Waals surface area contributed by atoms with Crippen molar-refractivity contribution < 1.29 is 22.7 Å². The molecule has 1 aromatic rings. The second kappa shape index (κ2) is 8.75. The summed E-state index contributed by atoms with van der Waals surface area (Å²) in [7, 11) is 1.61. The van der Waals surface area contributed by atoms with Crippen LogP contribution in [-0.4, -0.2) is 32.2 Å². The van der Waals surface area contributed by atoms with Crippen molar-refractivity contribution >= 4 is 11.6 Å². The molecule has 1 aromatic carbocycles. The molecule has 7 heteroatoms. The molecular formula is C15H21F3N2O2. The number of halogens is 3. The lowest BCUT2D eigenvalue weighted by atomic mass is 10.1. The molecule has 0 aliphatic rings. The predicted octanol–water partition coefficient (Wildman–Crippen LogP) is 3.05. The van der Waals surface area contributed by atoms with Gasteiger partial charge in [-0.05, 0) is 32.0 Å². The van der Waals surface area contributed by atoms with Gasteiger partial charge < -0.3 is 15.4 Å². The predicted molar refractivity (Wildman–Crippen MR) is 78.6 cm³/mol. The van der Waals surface area contributed by atoms with Gasteiger partial charge >= 0.3 is 6.18 Å². The molecule has 0 fully saturated rings. The fourth-order valence-electron chi connectivity index (χ4n) is 1.96. The minimum atomic E-state index is -4.49. The number of rotatable bonds is 8. The standard InChI is InChI=1S/C15H21F3N2O2/c1-11(19-8-5-9-22-2)10-14(21)20-13-7-4-3-6-12(13)15(16,17)18/h3-4,6-7,11,19H,5,8-10H2,1-2H3,(H,20,21). The van der Waals surface area contributed by atoms with Crippen molar-refractivity contribution in [2.24, 2.45) is 0 Å². The number of amides is 1. The minimum Gasteiger partial charge on any atom is -0.385 e. The SMILES string of the molecule is COCCCNC(C)CC(=O)Nc1ccccc1C(F)(F)F. The molecule has 0 aromatic heterocycles. The number of ether oxygens (including phenoxy) is 1. The largest absolute Gasteiger partial charge is 0.418 e. The second-order valence-electron chi connectivity index (χ2n) is 5.00. The zero-order valence-corrected chi connectivity index (χ0v) is 12.7. The fraction of sp³-hybridized carbons (Fsp3) is 0.533. The van der Waals surface area contributed by atoms with Crippen LogP contribution >= 0.6 is 0 Å². The summed E-state index contributed by atoms with van der Waals surface area (Å²) in [4.78, 5) is 11.8. The second-order valence-corrected chi connectivity index (χ2v) is 5.00. The zero-order chi connectivity index (χ0) is 16.6. The summed E-state index contributed by atoms with van der Waals surface area (Å²) in [6.07, 6.45) is -3.59. The molecule has 4 nitrogen and oxygen atoms in total. The van der Waals surface area contributed by atoms with Crippen molar-refractivity contribution in [1.29, 1.82) is 0 Å². The van der Waals surface area contributed by atoms with E-state index in [0.29, 0.717) is 13.2 Å². The van der Waals surface area contributed by atoms with Gasteiger partial charge in [-0.2, -0.15) is 13.2 Å². The highest BCUT2D eigenvalue weighted by Crippen LogP contribution is 2.34.